The highest BCUT2D eigenvalue weighted by Gasteiger charge is 2.11. The molecule has 0 aliphatic heterocycles. The van der Waals surface area contributed by atoms with Crippen molar-refractivity contribution in [1.29, 1.82) is 0 Å². The van der Waals surface area contributed by atoms with Gasteiger partial charge in [-0.1, -0.05) is 19.1 Å². The van der Waals surface area contributed by atoms with Crippen LogP contribution in [-0.2, 0) is 4.79 Å². The summed E-state index contributed by atoms with van der Waals surface area (Å²) in [6.07, 6.45) is 0.408. The zero-order valence-corrected chi connectivity index (χ0v) is 9.26. The van der Waals surface area contributed by atoms with Crippen LogP contribution >= 0.6 is 0 Å². The Labute approximate surface area is 89.5 Å². The number of anilines is 1. The maximum absolute atomic E-state index is 11.4. The molecule has 1 aromatic carbocycles. The minimum absolute atomic E-state index is 0.0282. The van der Waals surface area contributed by atoms with Gasteiger partial charge in [0.05, 0.1) is 5.69 Å². The van der Waals surface area contributed by atoms with Gasteiger partial charge >= 0.3 is 0 Å². The second kappa shape index (κ2) is 4.73. The number of amides is 1. The van der Waals surface area contributed by atoms with Crippen molar-refractivity contribution in [2.75, 3.05) is 5.32 Å². The van der Waals surface area contributed by atoms with E-state index in [-0.39, 0.29) is 11.7 Å². The monoisotopic (exact) mass is 205 g/mol. The van der Waals surface area contributed by atoms with Crippen LogP contribution < -0.4 is 5.32 Å². The molecule has 1 aromatic rings. The summed E-state index contributed by atoms with van der Waals surface area (Å²) in [5.74, 6) is -0.109. The van der Waals surface area contributed by atoms with Crippen molar-refractivity contribution in [3.8, 4) is 0 Å². The van der Waals surface area contributed by atoms with Crippen LogP contribution in [0.3, 0.4) is 0 Å². The Hall–Kier alpha value is -1.64. The molecule has 1 amide bonds. The van der Waals surface area contributed by atoms with Crippen molar-refractivity contribution < 1.29 is 9.59 Å². The van der Waals surface area contributed by atoms with Crippen LogP contribution in [0.4, 0.5) is 5.69 Å². The van der Waals surface area contributed by atoms with Gasteiger partial charge in [0.1, 0.15) is 0 Å². The molecule has 0 aromatic heterocycles. The Morgan fingerprint density at radius 3 is 2.53 bits per heavy atom. The third kappa shape index (κ3) is 2.65. The summed E-state index contributed by atoms with van der Waals surface area (Å²) in [5.41, 5.74) is 2.09. The minimum atomic E-state index is -0.0805. The normalized spacial score (nSPS) is 9.80. The van der Waals surface area contributed by atoms with Gasteiger partial charge in [-0.2, -0.15) is 0 Å². The summed E-state index contributed by atoms with van der Waals surface area (Å²) in [6.45, 7) is 5.14. The predicted octanol–water partition coefficient (Wildman–Crippen LogP) is 2.55. The predicted molar refractivity (Wildman–Crippen MR) is 60.1 cm³/mol. The van der Waals surface area contributed by atoms with Gasteiger partial charge in [-0.15, -0.1) is 0 Å². The average molecular weight is 205 g/mol. The highest BCUT2D eigenvalue weighted by atomic mass is 16.1. The second-order valence-corrected chi connectivity index (χ2v) is 3.46. The number of aryl methyl sites for hydroxylation is 1. The highest BCUT2D eigenvalue weighted by molar-refractivity contribution is 6.04. The molecule has 0 fully saturated rings. The number of ketones is 1. The van der Waals surface area contributed by atoms with Gasteiger partial charge in [-0.05, 0) is 25.5 Å². The molecule has 0 aliphatic rings. The van der Waals surface area contributed by atoms with Gasteiger partial charge in [0, 0.05) is 12.0 Å². The van der Waals surface area contributed by atoms with Crippen LogP contribution in [0.5, 0.6) is 0 Å². The van der Waals surface area contributed by atoms with Gasteiger partial charge in [0.2, 0.25) is 5.91 Å². The Morgan fingerprint density at radius 2 is 2.00 bits per heavy atom. The summed E-state index contributed by atoms with van der Waals surface area (Å²) >= 11 is 0. The van der Waals surface area contributed by atoms with E-state index in [9.17, 15) is 9.59 Å². The van der Waals surface area contributed by atoms with E-state index in [2.05, 4.69) is 5.32 Å². The molecule has 0 saturated heterocycles. The first-order valence-corrected chi connectivity index (χ1v) is 4.96. The van der Waals surface area contributed by atoms with Crippen LogP contribution in [0.1, 0.15) is 36.2 Å². The van der Waals surface area contributed by atoms with Gasteiger partial charge in [0.25, 0.3) is 0 Å². The average Bonchev–Trinajstić information content (AvgIpc) is 2.17. The molecule has 0 saturated carbocycles. The minimum Gasteiger partial charge on any atom is -0.325 e. The number of Topliss-reactive ketones (excluding diaryl/α,β-unsaturated/α-hetero) is 1. The molecule has 0 radical (unpaired) electrons. The van der Waals surface area contributed by atoms with Crippen LogP contribution in [-0.4, -0.2) is 11.7 Å². The summed E-state index contributed by atoms with van der Waals surface area (Å²) in [5, 5.41) is 2.72. The van der Waals surface area contributed by atoms with Crippen molar-refractivity contribution in [3.63, 3.8) is 0 Å². The van der Waals surface area contributed by atoms with Gasteiger partial charge in [-0.3, -0.25) is 9.59 Å². The lowest BCUT2D eigenvalue weighted by Gasteiger charge is -2.10. The first-order valence-electron chi connectivity index (χ1n) is 4.96. The maximum Gasteiger partial charge on any atom is 0.224 e. The molecule has 3 nitrogen and oxygen atoms in total. The van der Waals surface area contributed by atoms with Gasteiger partial charge in [-0.25, -0.2) is 0 Å². The van der Waals surface area contributed by atoms with E-state index in [1.807, 2.05) is 19.1 Å². The SMILES string of the molecule is CCC(=O)Nc1cccc(C)c1C(C)=O. The van der Waals surface area contributed by atoms with Gasteiger partial charge < -0.3 is 5.32 Å². The van der Waals surface area contributed by atoms with Gasteiger partial charge in [0.15, 0.2) is 5.78 Å². The fraction of sp³-hybridized carbons (Fsp3) is 0.333. The van der Waals surface area contributed by atoms with Crippen molar-refractivity contribution in [2.24, 2.45) is 0 Å². The van der Waals surface area contributed by atoms with E-state index < -0.39 is 0 Å². The third-order valence-electron chi connectivity index (χ3n) is 2.22. The fourth-order valence-electron chi connectivity index (χ4n) is 1.48. The molecule has 15 heavy (non-hydrogen) atoms. The Kier molecular flexibility index (Phi) is 3.61. The van der Waals surface area contributed by atoms with E-state index in [1.165, 1.54) is 6.92 Å². The Balaban J connectivity index is 3.11. The molecule has 1 N–H and O–H groups in total. The van der Waals surface area contributed by atoms with E-state index >= 15 is 0 Å². The zero-order valence-electron chi connectivity index (χ0n) is 9.26. The first kappa shape index (κ1) is 11.4. The summed E-state index contributed by atoms with van der Waals surface area (Å²) in [6, 6.07) is 5.43. The standard InChI is InChI=1S/C12H15NO2/c1-4-11(15)13-10-7-5-6-8(2)12(10)9(3)14/h5-7H,4H2,1-3H3,(H,13,15). The number of rotatable bonds is 3. The molecule has 1 rings (SSSR count). The van der Waals surface area contributed by atoms with E-state index in [4.69, 9.17) is 0 Å². The summed E-state index contributed by atoms with van der Waals surface area (Å²) < 4.78 is 0. The summed E-state index contributed by atoms with van der Waals surface area (Å²) in [7, 11) is 0. The van der Waals surface area contributed by atoms with Crippen LogP contribution in [0.15, 0.2) is 18.2 Å². The lowest BCUT2D eigenvalue weighted by molar-refractivity contribution is -0.115. The lowest BCUT2D eigenvalue weighted by Crippen LogP contribution is -2.13. The molecule has 0 heterocycles. The van der Waals surface area contributed by atoms with Crippen LogP contribution in [0.25, 0.3) is 0 Å². The first-order chi connectivity index (χ1) is 7.06. The van der Waals surface area contributed by atoms with Crippen molar-refractivity contribution in [1.82, 2.24) is 0 Å². The fourth-order valence-corrected chi connectivity index (χ4v) is 1.48. The number of hydrogen-bond acceptors (Lipinski definition) is 2. The molecular weight excluding hydrogens is 190 g/mol. The van der Waals surface area contributed by atoms with Crippen molar-refractivity contribution in [2.45, 2.75) is 27.2 Å². The van der Waals surface area contributed by atoms with Crippen molar-refractivity contribution in [3.05, 3.63) is 29.3 Å². The number of carbonyl (C=O) groups is 2. The quantitative estimate of drug-likeness (QED) is 0.771. The molecule has 3 heteroatoms. The van der Waals surface area contributed by atoms with Crippen molar-refractivity contribution >= 4 is 17.4 Å². The molecular formula is C12H15NO2. The van der Waals surface area contributed by atoms with Crippen LogP contribution in [0, 0.1) is 6.92 Å². The second-order valence-electron chi connectivity index (χ2n) is 3.46. The maximum atomic E-state index is 11.4. The number of nitrogens with one attached hydrogen (secondary N) is 1. The Morgan fingerprint density at radius 1 is 1.33 bits per heavy atom. The molecule has 80 valence electrons. The van der Waals surface area contributed by atoms with Crippen LogP contribution in [0.2, 0.25) is 0 Å². The van der Waals surface area contributed by atoms with E-state index in [0.29, 0.717) is 17.7 Å². The third-order valence-corrected chi connectivity index (χ3v) is 2.22. The van der Waals surface area contributed by atoms with E-state index in [1.54, 1.807) is 13.0 Å². The van der Waals surface area contributed by atoms with E-state index in [0.717, 1.165) is 5.56 Å². The zero-order chi connectivity index (χ0) is 11.4. The largest absolute Gasteiger partial charge is 0.325 e. The molecule has 0 atom stereocenters. The number of carbonyl (C=O) groups excluding carboxylic acids is 2. The summed E-state index contributed by atoms with van der Waals surface area (Å²) in [4.78, 5) is 22.7. The molecule has 0 bridgehead atoms. The number of hydrogen-bond donors (Lipinski definition) is 1. The number of benzene rings is 1. The highest BCUT2D eigenvalue weighted by Crippen LogP contribution is 2.20. The smallest absolute Gasteiger partial charge is 0.224 e. The topological polar surface area (TPSA) is 46.2 Å². The molecule has 0 unspecified atom stereocenters. The molecule has 0 spiro atoms. The lowest BCUT2D eigenvalue weighted by atomic mass is 10.0. The Bertz CT molecular complexity index is 397. The molecule has 0 aliphatic carbocycles.